The summed E-state index contributed by atoms with van der Waals surface area (Å²) in [5.74, 6) is 0.715. The highest BCUT2D eigenvalue weighted by molar-refractivity contribution is 6.04. The van der Waals surface area contributed by atoms with Crippen molar-refractivity contribution in [1.29, 1.82) is 0 Å². The molecular formula is C22H24N4O4. The molecular weight excluding hydrogens is 384 g/mol. The number of rotatable bonds is 8. The summed E-state index contributed by atoms with van der Waals surface area (Å²) in [5.41, 5.74) is 3.16. The topological polar surface area (TPSA) is 94.8 Å². The highest BCUT2D eigenvalue weighted by Gasteiger charge is 2.16. The summed E-state index contributed by atoms with van der Waals surface area (Å²) in [7, 11) is 1.57. The molecule has 0 spiro atoms. The molecule has 0 radical (unpaired) electrons. The number of ether oxygens (including phenoxy) is 2. The van der Waals surface area contributed by atoms with E-state index in [9.17, 15) is 9.59 Å². The van der Waals surface area contributed by atoms with Crippen LogP contribution in [-0.2, 0) is 6.54 Å². The Morgan fingerprint density at radius 2 is 1.93 bits per heavy atom. The Bertz CT molecular complexity index is 1140. The van der Waals surface area contributed by atoms with Crippen LogP contribution >= 0.6 is 0 Å². The molecule has 0 aliphatic heterocycles. The molecule has 0 aliphatic rings. The maximum atomic E-state index is 12.7. The third kappa shape index (κ3) is 4.48. The fourth-order valence-electron chi connectivity index (χ4n) is 3.03. The minimum atomic E-state index is -0.495. The second kappa shape index (κ2) is 9.69. The van der Waals surface area contributed by atoms with Crippen molar-refractivity contribution in [3.05, 3.63) is 64.1 Å². The number of nitrogens with one attached hydrogen (secondary N) is 1. The predicted octanol–water partition coefficient (Wildman–Crippen LogP) is 2.98. The van der Waals surface area contributed by atoms with Gasteiger partial charge in [-0.1, -0.05) is 25.1 Å². The lowest BCUT2D eigenvalue weighted by Gasteiger charge is -2.10. The van der Waals surface area contributed by atoms with Crippen LogP contribution in [0.15, 0.2) is 52.4 Å². The average molecular weight is 408 g/mol. The molecule has 0 fully saturated rings. The van der Waals surface area contributed by atoms with Crippen molar-refractivity contribution in [2.24, 2.45) is 5.10 Å². The highest BCUT2D eigenvalue weighted by atomic mass is 16.5. The SMILES string of the molecule is CCCn1nc(C(=O)N/N=C\c2ccc(OC)c(OCC)c2)c2ccccc2c1=O. The van der Waals surface area contributed by atoms with E-state index in [4.69, 9.17) is 9.47 Å². The third-order valence-corrected chi connectivity index (χ3v) is 4.39. The van der Waals surface area contributed by atoms with Crippen molar-refractivity contribution < 1.29 is 14.3 Å². The Morgan fingerprint density at radius 3 is 2.63 bits per heavy atom. The number of nitrogens with zero attached hydrogens (tertiary/aromatic N) is 3. The standard InChI is InChI=1S/C22H24N4O4/c1-4-12-26-22(28)17-9-7-6-8-16(17)20(25-26)21(27)24-23-14-15-10-11-18(29-3)19(13-15)30-5-2/h6-11,13-14H,4-5,12H2,1-3H3,(H,24,27)/b23-14-. The molecule has 3 aromatic rings. The van der Waals surface area contributed by atoms with Gasteiger partial charge in [0.25, 0.3) is 11.5 Å². The van der Waals surface area contributed by atoms with Crippen LogP contribution in [0.3, 0.4) is 0 Å². The number of hydrogen-bond acceptors (Lipinski definition) is 6. The van der Waals surface area contributed by atoms with E-state index in [0.717, 1.165) is 12.0 Å². The van der Waals surface area contributed by atoms with Crippen LogP contribution < -0.4 is 20.5 Å². The number of hydrazone groups is 1. The largest absolute Gasteiger partial charge is 0.493 e. The van der Waals surface area contributed by atoms with E-state index in [1.807, 2.05) is 13.8 Å². The van der Waals surface area contributed by atoms with E-state index in [0.29, 0.717) is 35.4 Å². The minimum Gasteiger partial charge on any atom is -0.493 e. The van der Waals surface area contributed by atoms with Crippen molar-refractivity contribution in [2.75, 3.05) is 13.7 Å². The van der Waals surface area contributed by atoms with Crippen LogP contribution in [0.2, 0.25) is 0 Å². The average Bonchev–Trinajstić information content (AvgIpc) is 2.76. The van der Waals surface area contributed by atoms with Crippen molar-refractivity contribution in [1.82, 2.24) is 15.2 Å². The number of carbonyl (C=O) groups excluding carboxylic acids is 1. The first kappa shape index (κ1) is 21.0. The maximum Gasteiger partial charge on any atom is 0.292 e. The van der Waals surface area contributed by atoms with E-state index in [1.54, 1.807) is 49.6 Å². The van der Waals surface area contributed by atoms with Gasteiger partial charge in [-0.3, -0.25) is 9.59 Å². The number of fused-ring (bicyclic) bond motifs is 1. The molecule has 2 aromatic carbocycles. The molecule has 0 atom stereocenters. The first-order chi connectivity index (χ1) is 14.6. The first-order valence-corrected chi connectivity index (χ1v) is 9.73. The summed E-state index contributed by atoms with van der Waals surface area (Å²) >= 11 is 0. The summed E-state index contributed by atoms with van der Waals surface area (Å²) in [4.78, 5) is 25.3. The predicted molar refractivity (Wildman–Crippen MR) is 116 cm³/mol. The van der Waals surface area contributed by atoms with Crippen molar-refractivity contribution >= 4 is 22.9 Å². The second-order valence-corrected chi connectivity index (χ2v) is 6.46. The lowest BCUT2D eigenvalue weighted by molar-refractivity contribution is 0.0949. The number of benzene rings is 2. The van der Waals surface area contributed by atoms with Gasteiger partial charge >= 0.3 is 0 Å². The van der Waals surface area contributed by atoms with Gasteiger partial charge in [0.05, 0.1) is 25.3 Å². The van der Waals surface area contributed by atoms with Gasteiger partial charge in [-0.05, 0) is 43.2 Å². The van der Waals surface area contributed by atoms with Crippen LogP contribution in [-0.4, -0.2) is 35.6 Å². The van der Waals surface area contributed by atoms with E-state index >= 15 is 0 Å². The second-order valence-electron chi connectivity index (χ2n) is 6.46. The molecule has 8 heteroatoms. The van der Waals surface area contributed by atoms with Crippen LogP contribution in [0.4, 0.5) is 0 Å². The van der Waals surface area contributed by atoms with Gasteiger partial charge < -0.3 is 9.47 Å². The van der Waals surface area contributed by atoms with Gasteiger partial charge in [0.2, 0.25) is 0 Å². The Kier molecular flexibility index (Phi) is 6.79. The van der Waals surface area contributed by atoms with Crippen LogP contribution in [0.5, 0.6) is 11.5 Å². The Hall–Kier alpha value is -3.68. The highest BCUT2D eigenvalue weighted by Crippen LogP contribution is 2.27. The van der Waals surface area contributed by atoms with Crippen molar-refractivity contribution in [3.63, 3.8) is 0 Å². The lowest BCUT2D eigenvalue weighted by atomic mass is 10.1. The van der Waals surface area contributed by atoms with Gasteiger partial charge in [-0.2, -0.15) is 10.2 Å². The van der Waals surface area contributed by atoms with Crippen LogP contribution in [0.1, 0.15) is 36.3 Å². The number of hydrogen-bond donors (Lipinski definition) is 1. The molecule has 0 saturated heterocycles. The van der Waals surface area contributed by atoms with Gasteiger partial charge in [0.15, 0.2) is 17.2 Å². The molecule has 156 valence electrons. The fraction of sp³-hybridized carbons (Fsp3) is 0.273. The number of methoxy groups -OCH3 is 1. The van der Waals surface area contributed by atoms with E-state index in [2.05, 4.69) is 15.6 Å². The number of aromatic nitrogens is 2. The summed E-state index contributed by atoms with van der Waals surface area (Å²) in [5, 5.41) is 9.23. The smallest absolute Gasteiger partial charge is 0.292 e. The Balaban J connectivity index is 1.86. The van der Waals surface area contributed by atoms with E-state index < -0.39 is 5.91 Å². The van der Waals surface area contributed by atoms with E-state index in [1.165, 1.54) is 10.9 Å². The minimum absolute atomic E-state index is 0.153. The molecule has 1 N–H and O–H groups in total. The molecule has 1 heterocycles. The number of aryl methyl sites for hydroxylation is 1. The third-order valence-electron chi connectivity index (χ3n) is 4.39. The van der Waals surface area contributed by atoms with Crippen LogP contribution in [0.25, 0.3) is 10.8 Å². The van der Waals surface area contributed by atoms with Gasteiger partial charge in [-0.25, -0.2) is 10.1 Å². The lowest BCUT2D eigenvalue weighted by Crippen LogP contribution is -2.29. The molecule has 8 nitrogen and oxygen atoms in total. The molecule has 0 bridgehead atoms. The fourth-order valence-corrected chi connectivity index (χ4v) is 3.03. The number of amides is 1. The zero-order chi connectivity index (χ0) is 21.5. The van der Waals surface area contributed by atoms with Crippen molar-refractivity contribution in [3.8, 4) is 11.5 Å². The first-order valence-electron chi connectivity index (χ1n) is 9.73. The monoisotopic (exact) mass is 408 g/mol. The van der Waals surface area contributed by atoms with Gasteiger partial charge in [0.1, 0.15) is 0 Å². The number of carbonyl (C=O) groups is 1. The van der Waals surface area contributed by atoms with Gasteiger partial charge in [0, 0.05) is 11.9 Å². The molecule has 0 aliphatic carbocycles. The quantitative estimate of drug-likeness (QED) is 0.457. The zero-order valence-corrected chi connectivity index (χ0v) is 17.2. The van der Waals surface area contributed by atoms with Gasteiger partial charge in [-0.15, -0.1) is 0 Å². The zero-order valence-electron chi connectivity index (χ0n) is 17.2. The van der Waals surface area contributed by atoms with Crippen molar-refractivity contribution in [2.45, 2.75) is 26.8 Å². The summed E-state index contributed by atoms with van der Waals surface area (Å²) in [6.45, 7) is 4.76. The summed E-state index contributed by atoms with van der Waals surface area (Å²) in [6, 6.07) is 12.3. The maximum absolute atomic E-state index is 12.7. The Labute approximate surface area is 174 Å². The molecule has 0 saturated carbocycles. The Morgan fingerprint density at radius 1 is 1.17 bits per heavy atom. The normalized spacial score (nSPS) is 11.0. The summed E-state index contributed by atoms with van der Waals surface area (Å²) in [6.07, 6.45) is 2.23. The molecule has 3 rings (SSSR count). The molecule has 1 aromatic heterocycles. The molecule has 30 heavy (non-hydrogen) atoms. The van der Waals surface area contributed by atoms with Crippen LogP contribution in [0, 0.1) is 0 Å². The summed E-state index contributed by atoms with van der Waals surface area (Å²) < 4.78 is 12.1. The molecule has 1 amide bonds. The van der Waals surface area contributed by atoms with E-state index in [-0.39, 0.29) is 11.3 Å². The molecule has 0 unspecified atom stereocenters.